The number of nitriles is 1. The fraction of sp³-hybridized carbons (Fsp3) is 0.318. The van der Waals surface area contributed by atoms with Crippen LogP contribution in [0.5, 0.6) is 0 Å². The summed E-state index contributed by atoms with van der Waals surface area (Å²) in [4.78, 5) is 11.1. The van der Waals surface area contributed by atoms with Crippen LogP contribution in [0.1, 0.15) is 18.9 Å². The van der Waals surface area contributed by atoms with Crippen molar-refractivity contribution in [1.82, 2.24) is 9.97 Å². The molecule has 166 valence electrons. The van der Waals surface area contributed by atoms with Crippen molar-refractivity contribution in [3.63, 3.8) is 0 Å². The Morgan fingerprint density at radius 2 is 1.97 bits per heavy atom. The van der Waals surface area contributed by atoms with Gasteiger partial charge in [-0.1, -0.05) is 18.9 Å². The van der Waals surface area contributed by atoms with E-state index < -0.39 is 11.6 Å². The Balaban J connectivity index is 1.70. The first-order chi connectivity index (χ1) is 15.6. The Labute approximate surface area is 188 Å². The third kappa shape index (κ3) is 4.54. The van der Waals surface area contributed by atoms with Crippen LogP contribution in [0.25, 0.3) is 11.0 Å². The van der Waals surface area contributed by atoms with Gasteiger partial charge in [0.15, 0.2) is 5.82 Å². The van der Waals surface area contributed by atoms with Crippen LogP contribution in [0, 0.1) is 23.0 Å². The second-order valence-electron chi connectivity index (χ2n) is 7.15. The van der Waals surface area contributed by atoms with E-state index >= 15 is 0 Å². The predicted octanol–water partition coefficient (Wildman–Crippen LogP) is 4.83. The number of hydrogen-bond acceptors (Lipinski definition) is 8. The zero-order chi connectivity index (χ0) is 22.5. The molecule has 0 bridgehead atoms. The van der Waals surface area contributed by atoms with Gasteiger partial charge in [-0.2, -0.15) is 5.26 Å². The number of halogens is 2. The molecule has 1 saturated heterocycles. The zero-order valence-electron chi connectivity index (χ0n) is 17.5. The summed E-state index contributed by atoms with van der Waals surface area (Å²) in [5.41, 5.74) is 1.15. The highest BCUT2D eigenvalue weighted by molar-refractivity contribution is 8.00. The van der Waals surface area contributed by atoms with Gasteiger partial charge in [0.1, 0.15) is 34.5 Å². The highest BCUT2D eigenvalue weighted by Crippen LogP contribution is 2.33. The van der Waals surface area contributed by atoms with E-state index in [-0.39, 0.29) is 22.6 Å². The molecule has 2 N–H and O–H groups in total. The lowest BCUT2D eigenvalue weighted by Gasteiger charge is -2.27. The van der Waals surface area contributed by atoms with Gasteiger partial charge in [-0.15, -0.1) is 0 Å². The number of ether oxygens (including phenoxy) is 1. The summed E-state index contributed by atoms with van der Waals surface area (Å²) in [6.45, 7) is 4.54. The molecule has 2 heterocycles. The number of fused-ring (bicyclic) bond motifs is 1. The standard InChI is InChI=1S/C22H22F2N6OS/c1-2-11-32-29-17-4-3-15(23)22(20(17)24)27-16-5-6-18-21(14(16)12-25)28-19(13-26-18)30-7-9-31-10-8-30/h3-6,13,27,29H,2,7-11H2,1H3. The van der Waals surface area contributed by atoms with E-state index in [0.29, 0.717) is 43.2 Å². The van der Waals surface area contributed by atoms with Crippen molar-refractivity contribution in [3.8, 4) is 6.07 Å². The number of benzene rings is 2. The first-order valence-corrected chi connectivity index (χ1v) is 11.3. The molecule has 1 fully saturated rings. The molecule has 7 nitrogen and oxygen atoms in total. The zero-order valence-corrected chi connectivity index (χ0v) is 18.3. The molecule has 0 unspecified atom stereocenters. The number of anilines is 4. The van der Waals surface area contributed by atoms with E-state index in [0.717, 1.165) is 12.2 Å². The van der Waals surface area contributed by atoms with Crippen LogP contribution in [0.3, 0.4) is 0 Å². The van der Waals surface area contributed by atoms with Crippen molar-refractivity contribution in [2.45, 2.75) is 13.3 Å². The molecule has 1 aromatic heterocycles. The molecule has 0 amide bonds. The number of nitrogens with zero attached hydrogens (tertiary/aromatic N) is 4. The molecule has 0 aliphatic carbocycles. The number of nitrogens with one attached hydrogen (secondary N) is 2. The summed E-state index contributed by atoms with van der Waals surface area (Å²) >= 11 is 1.34. The van der Waals surface area contributed by atoms with Crippen molar-refractivity contribution < 1.29 is 13.5 Å². The molecular formula is C22H22F2N6OS. The van der Waals surface area contributed by atoms with Crippen molar-refractivity contribution in [2.24, 2.45) is 0 Å². The monoisotopic (exact) mass is 456 g/mol. The third-order valence-corrected chi connectivity index (χ3v) is 5.96. The maximum atomic E-state index is 15.0. The van der Waals surface area contributed by atoms with Crippen molar-refractivity contribution in [3.05, 3.63) is 47.7 Å². The minimum Gasteiger partial charge on any atom is -0.378 e. The van der Waals surface area contributed by atoms with Crippen LogP contribution in [0.4, 0.5) is 31.7 Å². The Bertz CT molecular complexity index is 1160. The smallest absolute Gasteiger partial charge is 0.173 e. The first-order valence-electron chi connectivity index (χ1n) is 10.3. The normalized spacial score (nSPS) is 13.8. The van der Waals surface area contributed by atoms with Crippen LogP contribution in [-0.4, -0.2) is 42.0 Å². The second-order valence-corrected chi connectivity index (χ2v) is 8.06. The van der Waals surface area contributed by atoms with Gasteiger partial charge in [-0.3, -0.25) is 4.98 Å². The van der Waals surface area contributed by atoms with E-state index in [2.05, 4.69) is 26.1 Å². The number of morpholine rings is 1. The molecular weight excluding hydrogens is 434 g/mol. The molecule has 4 rings (SSSR count). The number of aromatic nitrogens is 2. The van der Waals surface area contributed by atoms with E-state index in [4.69, 9.17) is 4.74 Å². The number of hydrogen-bond donors (Lipinski definition) is 2. The summed E-state index contributed by atoms with van der Waals surface area (Å²) in [5.74, 6) is -0.102. The third-order valence-electron chi connectivity index (χ3n) is 4.99. The molecule has 0 saturated carbocycles. The van der Waals surface area contributed by atoms with Crippen LogP contribution in [-0.2, 0) is 4.74 Å². The Morgan fingerprint density at radius 3 is 2.72 bits per heavy atom. The fourth-order valence-corrected chi connectivity index (χ4v) is 3.96. The van der Waals surface area contributed by atoms with Crippen LogP contribution in [0.15, 0.2) is 30.5 Å². The molecule has 0 spiro atoms. The Kier molecular flexibility index (Phi) is 6.87. The Morgan fingerprint density at radius 1 is 1.19 bits per heavy atom. The molecule has 1 aliphatic heterocycles. The van der Waals surface area contributed by atoms with Crippen molar-refractivity contribution in [1.29, 1.82) is 5.26 Å². The van der Waals surface area contributed by atoms with Gasteiger partial charge in [0.25, 0.3) is 0 Å². The SMILES string of the molecule is CCCSNc1ccc(F)c(Nc2ccc3ncc(N4CCOCC4)nc3c2C#N)c1F. The van der Waals surface area contributed by atoms with Gasteiger partial charge in [-0.25, -0.2) is 13.8 Å². The molecule has 32 heavy (non-hydrogen) atoms. The summed E-state index contributed by atoms with van der Waals surface area (Å²) in [7, 11) is 0. The quantitative estimate of drug-likeness (QED) is 0.386. The van der Waals surface area contributed by atoms with Crippen molar-refractivity contribution >= 4 is 45.9 Å². The lowest BCUT2D eigenvalue weighted by Crippen LogP contribution is -2.36. The van der Waals surface area contributed by atoms with Gasteiger partial charge < -0.3 is 19.7 Å². The van der Waals surface area contributed by atoms with Gasteiger partial charge in [-0.05, 0) is 30.7 Å². The summed E-state index contributed by atoms with van der Waals surface area (Å²) in [6, 6.07) is 7.90. The molecule has 0 radical (unpaired) electrons. The van der Waals surface area contributed by atoms with E-state index in [9.17, 15) is 14.0 Å². The maximum Gasteiger partial charge on any atom is 0.173 e. The van der Waals surface area contributed by atoms with E-state index in [1.54, 1.807) is 18.3 Å². The highest BCUT2D eigenvalue weighted by atomic mass is 32.2. The fourth-order valence-electron chi connectivity index (χ4n) is 3.34. The minimum atomic E-state index is -0.759. The predicted molar refractivity (Wildman–Crippen MR) is 123 cm³/mol. The van der Waals surface area contributed by atoms with E-state index in [1.165, 1.54) is 24.1 Å². The lowest BCUT2D eigenvalue weighted by atomic mass is 10.1. The summed E-state index contributed by atoms with van der Waals surface area (Å²) < 4.78 is 37.8. The van der Waals surface area contributed by atoms with Gasteiger partial charge in [0, 0.05) is 18.8 Å². The second kappa shape index (κ2) is 9.97. The largest absolute Gasteiger partial charge is 0.378 e. The molecule has 10 heteroatoms. The lowest BCUT2D eigenvalue weighted by molar-refractivity contribution is 0.122. The van der Waals surface area contributed by atoms with Crippen LogP contribution >= 0.6 is 11.9 Å². The van der Waals surface area contributed by atoms with Gasteiger partial charge in [0.05, 0.1) is 36.3 Å². The summed E-state index contributed by atoms with van der Waals surface area (Å²) in [6.07, 6.45) is 2.58. The van der Waals surface area contributed by atoms with E-state index in [1.807, 2.05) is 11.8 Å². The van der Waals surface area contributed by atoms with Gasteiger partial charge >= 0.3 is 0 Å². The molecule has 1 aliphatic rings. The van der Waals surface area contributed by atoms with Crippen LogP contribution in [0.2, 0.25) is 0 Å². The van der Waals surface area contributed by atoms with Crippen molar-refractivity contribution in [2.75, 3.05) is 47.0 Å². The summed E-state index contributed by atoms with van der Waals surface area (Å²) in [5, 5.41) is 12.6. The minimum absolute atomic E-state index is 0.168. The average Bonchev–Trinajstić information content (AvgIpc) is 2.83. The number of rotatable bonds is 7. The first kappa shape index (κ1) is 22.0. The molecule has 3 aromatic rings. The topological polar surface area (TPSA) is 86.1 Å². The highest BCUT2D eigenvalue weighted by Gasteiger charge is 2.19. The Hall–Kier alpha value is -3.16. The van der Waals surface area contributed by atoms with Gasteiger partial charge in [0.2, 0.25) is 0 Å². The molecule has 2 aromatic carbocycles. The molecule has 0 atom stereocenters. The van der Waals surface area contributed by atoms with Crippen LogP contribution < -0.4 is 14.9 Å². The maximum absolute atomic E-state index is 15.0. The average molecular weight is 457 g/mol.